The quantitative estimate of drug-likeness (QED) is 0.831. The monoisotopic (exact) mass is 345 g/mol. The van der Waals surface area contributed by atoms with Crippen LogP contribution < -0.4 is 5.56 Å². The molecular formula is C18H20FN3O3. The van der Waals surface area contributed by atoms with E-state index in [0.29, 0.717) is 13.2 Å². The van der Waals surface area contributed by atoms with Crippen LogP contribution in [0.3, 0.4) is 0 Å². The van der Waals surface area contributed by atoms with Gasteiger partial charge in [0.25, 0.3) is 11.5 Å². The molecule has 1 saturated heterocycles. The number of ether oxygens (including phenoxy) is 1. The van der Waals surface area contributed by atoms with E-state index in [1.807, 2.05) is 6.07 Å². The molecule has 7 heteroatoms. The van der Waals surface area contributed by atoms with Gasteiger partial charge in [-0.1, -0.05) is 12.1 Å². The number of likely N-dealkylation sites (tertiary alicyclic amines) is 1. The van der Waals surface area contributed by atoms with Gasteiger partial charge in [0, 0.05) is 19.7 Å². The van der Waals surface area contributed by atoms with Crippen LogP contribution in [-0.4, -0.2) is 40.8 Å². The molecule has 1 aromatic carbocycles. The van der Waals surface area contributed by atoms with Crippen molar-refractivity contribution in [2.75, 3.05) is 20.3 Å². The zero-order valence-corrected chi connectivity index (χ0v) is 14.0. The summed E-state index contributed by atoms with van der Waals surface area (Å²) in [5.41, 5.74) is 0.703. The molecule has 0 unspecified atom stereocenters. The molecule has 132 valence electrons. The minimum absolute atomic E-state index is 0.177. The van der Waals surface area contributed by atoms with Crippen LogP contribution in [0.4, 0.5) is 4.39 Å². The summed E-state index contributed by atoms with van der Waals surface area (Å²) in [6.07, 6.45) is 1.62. The maximum atomic E-state index is 13.5. The highest BCUT2D eigenvalue weighted by atomic mass is 19.1. The molecule has 0 bridgehead atoms. The van der Waals surface area contributed by atoms with Crippen LogP contribution in [-0.2, 0) is 11.3 Å². The third kappa shape index (κ3) is 3.76. The number of benzene rings is 1. The molecule has 1 atom stereocenters. The molecule has 25 heavy (non-hydrogen) atoms. The van der Waals surface area contributed by atoms with Crippen molar-refractivity contribution in [3.8, 4) is 0 Å². The van der Waals surface area contributed by atoms with Crippen molar-refractivity contribution >= 4 is 5.91 Å². The van der Waals surface area contributed by atoms with Crippen molar-refractivity contribution in [1.29, 1.82) is 0 Å². The topological polar surface area (TPSA) is 64.4 Å². The van der Waals surface area contributed by atoms with Gasteiger partial charge in [-0.15, -0.1) is 0 Å². The average molecular weight is 345 g/mol. The zero-order valence-electron chi connectivity index (χ0n) is 14.0. The first-order chi connectivity index (χ1) is 12.1. The molecule has 0 N–H and O–H groups in total. The Morgan fingerprint density at radius 2 is 2.20 bits per heavy atom. The Morgan fingerprint density at radius 3 is 2.96 bits per heavy atom. The number of amides is 1. The Balaban J connectivity index is 1.85. The van der Waals surface area contributed by atoms with Gasteiger partial charge in [-0.05, 0) is 36.6 Å². The van der Waals surface area contributed by atoms with Gasteiger partial charge in [-0.25, -0.2) is 9.07 Å². The van der Waals surface area contributed by atoms with Crippen LogP contribution in [0.25, 0.3) is 0 Å². The second-order valence-electron chi connectivity index (χ2n) is 5.98. The Morgan fingerprint density at radius 1 is 1.36 bits per heavy atom. The fourth-order valence-electron chi connectivity index (χ4n) is 3.12. The van der Waals surface area contributed by atoms with Gasteiger partial charge in [0.15, 0.2) is 0 Å². The van der Waals surface area contributed by atoms with Gasteiger partial charge in [0.1, 0.15) is 11.5 Å². The van der Waals surface area contributed by atoms with E-state index in [-0.39, 0.29) is 35.6 Å². The minimum atomic E-state index is -0.317. The summed E-state index contributed by atoms with van der Waals surface area (Å²) in [7, 11) is 1.54. The normalized spacial score (nSPS) is 17.0. The average Bonchev–Trinajstić information content (AvgIpc) is 3.10. The fraction of sp³-hybridized carbons (Fsp3) is 0.389. The Bertz CT molecular complexity index is 821. The first-order valence-corrected chi connectivity index (χ1v) is 8.23. The Kier molecular flexibility index (Phi) is 5.23. The second kappa shape index (κ2) is 7.57. The lowest BCUT2D eigenvalue weighted by Gasteiger charge is -2.25. The molecule has 0 saturated carbocycles. The third-order valence-electron chi connectivity index (χ3n) is 4.34. The largest absolute Gasteiger partial charge is 0.383 e. The zero-order chi connectivity index (χ0) is 17.8. The summed E-state index contributed by atoms with van der Waals surface area (Å²) >= 11 is 0. The van der Waals surface area contributed by atoms with E-state index in [4.69, 9.17) is 4.74 Å². The number of aromatic nitrogens is 2. The van der Waals surface area contributed by atoms with E-state index in [2.05, 4.69) is 5.10 Å². The van der Waals surface area contributed by atoms with E-state index < -0.39 is 0 Å². The van der Waals surface area contributed by atoms with Crippen LogP contribution in [0.5, 0.6) is 0 Å². The molecule has 1 aliphatic heterocycles. The van der Waals surface area contributed by atoms with Crippen molar-refractivity contribution < 1.29 is 13.9 Å². The van der Waals surface area contributed by atoms with Crippen LogP contribution in [0, 0.1) is 5.82 Å². The van der Waals surface area contributed by atoms with Crippen molar-refractivity contribution in [3.05, 3.63) is 63.8 Å². The summed E-state index contributed by atoms with van der Waals surface area (Å²) in [5.74, 6) is -0.569. The smallest absolute Gasteiger partial charge is 0.274 e. The fourth-order valence-corrected chi connectivity index (χ4v) is 3.12. The van der Waals surface area contributed by atoms with Gasteiger partial charge in [-0.2, -0.15) is 5.10 Å². The molecule has 1 fully saturated rings. The Hall–Kier alpha value is -2.54. The van der Waals surface area contributed by atoms with Crippen molar-refractivity contribution in [1.82, 2.24) is 14.7 Å². The maximum absolute atomic E-state index is 13.5. The van der Waals surface area contributed by atoms with E-state index in [9.17, 15) is 14.0 Å². The van der Waals surface area contributed by atoms with Gasteiger partial charge in [0.05, 0.1) is 19.2 Å². The van der Waals surface area contributed by atoms with E-state index in [1.165, 1.54) is 36.1 Å². The molecule has 0 radical (unpaired) electrons. The molecule has 2 heterocycles. The number of nitrogens with zero attached hydrogens (tertiary/aromatic N) is 3. The van der Waals surface area contributed by atoms with Crippen molar-refractivity contribution in [2.45, 2.75) is 25.4 Å². The molecule has 6 nitrogen and oxygen atoms in total. The van der Waals surface area contributed by atoms with Crippen molar-refractivity contribution in [2.24, 2.45) is 0 Å². The summed E-state index contributed by atoms with van der Waals surface area (Å²) in [6, 6.07) is 8.92. The predicted molar refractivity (Wildman–Crippen MR) is 89.8 cm³/mol. The number of methoxy groups -OCH3 is 1. The van der Waals surface area contributed by atoms with Crippen LogP contribution in [0.2, 0.25) is 0 Å². The molecule has 3 rings (SSSR count). The Labute approximate surface area is 144 Å². The molecule has 1 amide bonds. The molecule has 0 aliphatic carbocycles. The molecule has 0 spiro atoms. The van der Waals surface area contributed by atoms with Gasteiger partial charge < -0.3 is 9.64 Å². The van der Waals surface area contributed by atoms with Gasteiger partial charge in [0.2, 0.25) is 0 Å². The number of halogens is 1. The summed E-state index contributed by atoms with van der Waals surface area (Å²) in [4.78, 5) is 26.4. The van der Waals surface area contributed by atoms with E-state index in [1.54, 1.807) is 11.0 Å². The third-order valence-corrected chi connectivity index (χ3v) is 4.34. The minimum Gasteiger partial charge on any atom is -0.383 e. The van der Waals surface area contributed by atoms with Crippen LogP contribution in [0.1, 0.15) is 34.9 Å². The van der Waals surface area contributed by atoms with Crippen LogP contribution in [0.15, 0.2) is 41.2 Å². The number of carbonyl (C=O) groups excluding carboxylic acids is 1. The highest BCUT2D eigenvalue weighted by Crippen LogP contribution is 2.33. The van der Waals surface area contributed by atoms with E-state index >= 15 is 0 Å². The molecule has 1 aliphatic rings. The highest BCUT2D eigenvalue weighted by molar-refractivity contribution is 5.92. The number of hydrogen-bond acceptors (Lipinski definition) is 4. The lowest BCUT2D eigenvalue weighted by molar-refractivity contribution is 0.0725. The number of carbonyl (C=O) groups is 1. The predicted octanol–water partition coefficient (Wildman–Crippen LogP) is 2.01. The first kappa shape index (κ1) is 17.3. The standard InChI is InChI=1S/C18H20FN3O3/c1-25-11-10-22-17(23)8-7-15(20-22)18(24)21-9-3-6-16(21)13-4-2-5-14(19)12-13/h2,4-5,7-8,12,16H,3,6,9-11H2,1H3/t16-/m1/s1. The maximum Gasteiger partial charge on any atom is 0.274 e. The summed E-state index contributed by atoms with van der Waals surface area (Å²) in [6.45, 7) is 1.20. The van der Waals surface area contributed by atoms with Gasteiger partial charge in [-0.3, -0.25) is 9.59 Å². The van der Waals surface area contributed by atoms with Crippen LogP contribution >= 0.6 is 0 Å². The molecule has 1 aromatic heterocycles. The number of rotatable bonds is 5. The molecule has 2 aromatic rings. The van der Waals surface area contributed by atoms with Gasteiger partial charge >= 0.3 is 0 Å². The van der Waals surface area contributed by atoms with Crippen molar-refractivity contribution in [3.63, 3.8) is 0 Å². The van der Waals surface area contributed by atoms with E-state index in [0.717, 1.165) is 18.4 Å². The molecular weight excluding hydrogens is 325 g/mol. The lowest BCUT2D eigenvalue weighted by atomic mass is 10.0. The summed E-state index contributed by atoms with van der Waals surface area (Å²) < 4.78 is 19.7. The summed E-state index contributed by atoms with van der Waals surface area (Å²) in [5, 5.41) is 4.16. The SMILES string of the molecule is COCCn1nc(C(=O)N2CCC[C@@H]2c2cccc(F)c2)ccc1=O. The highest BCUT2D eigenvalue weighted by Gasteiger charge is 2.31. The second-order valence-corrected chi connectivity index (χ2v) is 5.98. The first-order valence-electron chi connectivity index (χ1n) is 8.23. The number of hydrogen-bond donors (Lipinski definition) is 0. The lowest BCUT2D eigenvalue weighted by Crippen LogP contribution is -2.34.